The van der Waals surface area contributed by atoms with Crippen molar-refractivity contribution in [3.8, 4) is 5.88 Å². The second-order valence-electron chi connectivity index (χ2n) is 4.47. The van der Waals surface area contributed by atoms with Gasteiger partial charge in [0.15, 0.2) is 0 Å². The smallest absolute Gasteiger partial charge is 0.323 e. The van der Waals surface area contributed by atoms with E-state index in [9.17, 15) is 9.90 Å². The molecule has 0 spiro atoms. The lowest BCUT2D eigenvalue weighted by molar-refractivity contribution is 0.199. The van der Waals surface area contributed by atoms with Gasteiger partial charge < -0.3 is 20.5 Å². The predicted molar refractivity (Wildman–Crippen MR) is 80.5 cm³/mol. The summed E-state index contributed by atoms with van der Waals surface area (Å²) in [7, 11) is 1.53. The molecule has 110 valence electrons. The van der Waals surface area contributed by atoms with Gasteiger partial charge in [-0.2, -0.15) is 0 Å². The Hall–Kier alpha value is -2.60. The summed E-state index contributed by atoms with van der Waals surface area (Å²) in [6.07, 6.45) is 0.922. The first kappa shape index (κ1) is 14.8. The highest BCUT2D eigenvalue weighted by molar-refractivity contribution is 5.99. The molecule has 0 bridgehead atoms. The Bertz CT molecular complexity index is 612. The van der Waals surface area contributed by atoms with Crippen molar-refractivity contribution in [3.63, 3.8) is 0 Å². The first-order valence-electron chi connectivity index (χ1n) is 6.44. The van der Waals surface area contributed by atoms with Crippen LogP contribution >= 0.6 is 0 Å². The first-order valence-corrected chi connectivity index (χ1v) is 6.44. The van der Waals surface area contributed by atoms with Crippen molar-refractivity contribution in [1.82, 2.24) is 4.98 Å². The minimum Gasteiger partial charge on any atom is -0.481 e. The van der Waals surface area contributed by atoms with Gasteiger partial charge in [-0.25, -0.2) is 9.78 Å². The van der Waals surface area contributed by atoms with Crippen LogP contribution in [0.4, 0.5) is 16.2 Å². The van der Waals surface area contributed by atoms with Crippen LogP contribution in [0.25, 0.3) is 0 Å². The molecule has 6 nitrogen and oxygen atoms in total. The van der Waals surface area contributed by atoms with Crippen LogP contribution in [-0.2, 0) is 0 Å². The molecule has 0 saturated carbocycles. The number of benzene rings is 1. The number of nitrogens with zero attached hydrogens (tertiary/aromatic N) is 1. The molecule has 1 aromatic carbocycles. The van der Waals surface area contributed by atoms with Crippen LogP contribution in [0.1, 0.15) is 18.6 Å². The van der Waals surface area contributed by atoms with Gasteiger partial charge >= 0.3 is 6.03 Å². The molecule has 1 aromatic heterocycles. The Kier molecular flexibility index (Phi) is 4.73. The Morgan fingerprint density at radius 3 is 2.62 bits per heavy atom. The van der Waals surface area contributed by atoms with E-state index in [2.05, 4.69) is 15.6 Å². The average Bonchev–Trinajstić information content (AvgIpc) is 2.48. The molecular weight excluding hydrogens is 270 g/mol. The molecule has 0 fully saturated rings. The summed E-state index contributed by atoms with van der Waals surface area (Å²) in [5.41, 5.74) is 1.89. The van der Waals surface area contributed by atoms with Crippen molar-refractivity contribution in [2.45, 2.75) is 13.0 Å². The van der Waals surface area contributed by atoms with Crippen LogP contribution in [0.3, 0.4) is 0 Å². The second kappa shape index (κ2) is 6.71. The summed E-state index contributed by atoms with van der Waals surface area (Å²) in [6.45, 7) is 1.67. The van der Waals surface area contributed by atoms with Gasteiger partial charge in [0.25, 0.3) is 0 Å². The quantitative estimate of drug-likeness (QED) is 0.807. The number of ether oxygens (including phenoxy) is 1. The molecule has 0 aliphatic rings. The van der Waals surface area contributed by atoms with Gasteiger partial charge in [-0.05, 0) is 30.7 Å². The summed E-state index contributed by atoms with van der Waals surface area (Å²) in [6, 6.07) is 9.99. The molecule has 1 unspecified atom stereocenters. The van der Waals surface area contributed by atoms with Crippen molar-refractivity contribution in [3.05, 3.63) is 48.2 Å². The van der Waals surface area contributed by atoms with Gasteiger partial charge in [0.2, 0.25) is 5.88 Å². The maximum atomic E-state index is 11.9. The topological polar surface area (TPSA) is 83.5 Å². The zero-order valence-corrected chi connectivity index (χ0v) is 11.8. The normalized spacial score (nSPS) is 11.6. The molecule has 1 atom stereocenters. The van der Waals surface area contributed by atoms with Crippen molar-refractivity contribution < 1.29 is 14.6 Å². The molecule has 21 heavy (non-hydrogen) atoms. The fourth-order valence-corrected chi connectivity index (χ4v) is 1.74. The number of nitrogens with one attached hydrogen (secondary N) is 2. The number of anilines is 2. The van der Waals surface area contributed by atoms with Gasteiger partial charge in [-0.3, -0.25) is 0 Å². The number of amides is 2. The number of aromatic nitrogens is 1. The third kappa shape index (κ3) is 4.19. The molecule has 6 heteroatoms. The largest absolute Gasteiger partial charge is 0.481 e. The number of hydrogen-bond donors (Lipinski definition) is 3. The van der Waals surface area contributed by atoms with Crippen LogP contribution in [0, 0.1) is 0 Å². The predicted octanol–water partition coefficient (Wildman–Crippen LogP) is 2.79. The lowest BCUT2D eigenvalue weighted by Gasteiger charge is -2.10. The highest BCUT2D eigenvalue weighted by atomic mass is 16.5. The zero-order valence-electron chi connectivity index (χ0n) is 11.8. The Labute approximate surface area is 122 Å². The fourth-order valence-electron chi connectivity index (χ4n) is 1.74. The van der Waals surface area contributed by atoms with E-state index in [1.54, 1.807) is 43.3 Å². The third-order valence-corrected chi connectivity index (χ3v) is 2.83. The highest BCUT2D eigenvalue weighted by Crippen LogP contribution is 2.17. The standard InChI is InChI=1S/C15H17N3O3/c1-10(19)11-4-3-5-12(8-11)17-15(20)18-13-6-7-14(21-2)16-9-13/h3-10,19H,1-2H3,(H2,17,18,20). The van der Waals surface area contributed by atoms with Crippen molar-refractivity contribution in [2.75, 3.05) is 17.7 Å². The summed E-state index contributed by atoms with van der Waals surface area (Å²) in [4.78, 5) is 15.9. The minimum absolute atomic E-state index is 0.385. The van der Waals surface area contributed by atoms with Crippen LogP contribution in [0.5, 0.6) is 5.88 Å². The van der Waals surface area contributed by atoms with E-state index in [4.69, 9.17) is 4.74 Å². The molecule has 0 radical (unpaired) electrons. The maximum absolute atomic E-state index is 11.9. The van der Waals surface area contributed by atoms with Gasteiger partial charge in [-0.1, -0.05) is 12.1 Å². The molecule has 2 rings (SSSR count). The number of carbonyl (C=O) groups excluding carboxylic acids is 1. The number of hydrogen-bond acceptors (Lipinski definition) is 4. The molecular formula is C15H17N3O3. The Balaban J connectivity index is 1.99. The lowest BCUT2D eigenvalue weighted by Crippen LogP contribution is -2.19. The second-order valence-corrected chi connectivity index (χ2v) is 4.47. The SMILES string of the molecule is COc1ccc(NC(=O)Nc2cccc(C(C)O)c2)cn1. The van der Waals surface area contributed by atoms with Crippen LogP contribution in [-0.4, -0.2) is 23.2 Å². The number of aliphatic hydroxyl groups is 1. The van der Waals surface area contributed by atoms with Gasteiger partial charge in [0.1, 0.15) is 0 Å². The third-order valence-electron chi connectivity index (χ3n) is 2.83. The Morgan fingerprint density at radius 2 is 2.00 bits per heavy atom. The molecule has 0 saturated heterocycles. The summed E-state index contributed by atoms with van der Waals surface area (Å²) in [5, 5.41) is 14.9. The molecule has 0 aliphatic heterocycles. The van der Waals surface area contributed by atoms with E-state index >= 15 is 0 Å². The number of pyridine rings is 1. The number of urea groups is 1. The van der Waals surface area contributed by atoms with E-state index in [0.717, 1.165) is 5.56 Å². The molecule has 2 amide bonds. The lowest BCUT2D eigenvalue weighted by atomic mass is 10.1. The van der Waals surface area contributed by atoms with E-state index in [1.807, 2.05) is 0 Å². The fraction of sp³-hybridized carbons (Fsp3) is 0.200. The molecule has 0 aliphatic carbocycles. The van der Waals surface area contributed by atoms with E-state index in [0.29, 0.717) is 17.3 Å². The first-order chi connectivity index (χ1) is 10.1. The zero-order chi connectivity index (χ0) is 15.2. The number of methoxy groups -OCH3 is 1. The molecule has 3 N–H and O–H groups in total. The van der Waals surface area contributed by atoms with Crippen LogP contribution in [0.15, 0.2) is 42.6 Å². The number of aliphatic hydroxyl groups excluding tert-OH is 1. The van der Waals surface area contributed by atoms with Crippen molar-refractivity contribution in [2.24, 2.45) is 0 Å². The summed E-state index contributed by atoms with van der Waals surface area (Å²) >= 11 is 0. The van der Waals surface area contributed by atoms with Crippen molar-refractivity contribution in [1.29, 1.82) is 0 Å². The Morgan fingerprint density at radius 1 is 1.24 bits per heavy atom. The average molecular weight is 287 g/mol. The summed E-state index contributed by atoms with van der Waals surface area (Å²) < 4.78 is 4.94. The van der Waals surface area contributed by atoms with E-state index in [1.165, 1.54) is 13.3 Å². The number of rotatable bonds is 4. The summed E-state index contributed by atoms with van der Waals surface area (Å²) in [5.74, 6) is 0.477. The van der Waals surface area contributed by atoms with Crippen molar-refractivity contribution >= 4 is 17.4 Å². The maximum Gasteiger partial charge on any atom is 0.323 e. The van der Waals surface area contributed by atoms with Gasteiger partial charge in [0.05, 0.1) is 25.1 Å². The van der Waals surface area contributed by atoms with Gasteiger partial charge in [0, 0.05) is 11.8 Å². The molecule has 2 aromatic rings. The van der Waals surface area contributed by atoms with E-state index < -0.39 is 6.10 Å². The molecule has 1 heterocycles. The van der Waals surface area contributed by atoms with Gasteiger partial charge in [-0.15, -0.1) is 0 Å². The highest BCUT2D eigenvalue weighted by Gasteiger charge is 2.06. The van der Waals surface area contributed by atoms with Crippen LogP contribution < -0.4 is 15.4 Å². The monoisotopic (exact) mass is 287 g/mol. The van der Waals surface area contributed by atoms with Crippen LogP contribution in [0.2, 0.25) is 0 Å². The number of carbonyl (C=O) groups is 1. The van der Waals surface area contributed by atoms with E-state index in [-0.39, 0.29) is 6.03 Å². The minimum atomic E-state index is -0.583.